The summed E-state index contributed by atoms with van der Waals surface area (Å²) in [6, 6.07) is 1.98. The molecule has 0 fully saturated rings. The maximum absolute atomic E-state index is 11.4. The summed E-state index contributed by atoms with van der Waals surface area (Å²) in [6.07, 6.45) is 3.63. The molecule has 1 aromatic heterocycles. The Kier molecular flexibility index (Phi) is 6.44. The molecule has 2 nitrogen and oxygen atoms in total. The van der Waals surface area contributed by atoms with Gasteiger partial charge in [-0.1, -0.05) is 6.42 Å². The fourth-order valence-corrected chi connectivity index (χ4v) is 2.12. The monoisotopic (exact) mass is 245 g/mol. The summed E-state index contributed by atoms with van der Waals surface area (Å²) in [5.41, 5.74) is 1.10. The van der Waals surface area contributed by atoms with E-state index in [1.165, 1.54) is 0 Å². The summed E-state index contributed by atoms with van der Waals surface area (Å²) in [7, 11) is 0. The van der Waals surface area contributed by atoms with Crippen molar-refractivity contribution in [2.45, 2.75) is 25.7 Å². The van der Waals surface area contributed by atoms with Gasteiger partial charge in [-0.15, -0.1) is 11.6 Å². The van der Waals surface area contributed by atoms with E-state index in [0.29, 0.717) is 12.3 Å². The maximum Gasteiger partial charge on any atom is 0.224 e. The van der Waals surface area contributed by atoms with Crippen LogP contribution in [-0.4, -0.2) is 18.3 Å². The molecule has 0 aromatic carbocycles. The minimum atomic E-state index is 0.110. The highest BCUT2D eigenvalue weighted by Crippen LogP contribution is 2.06. The Morgan fingerprint density at radius 1 is 1.40 bits per heavy atom. The number of halogens is 1. The lowest BCUT2D eigenvalue weighted by atomic mass is 10.2. The summed E-state index contributed by atoms with van der Waals surface area (Å²) in [5, 5.41) is 6.90. The number of amides is 1. The van der Waals surface area contributed by atoms with Crippen molar-refractivity contribution in [1.82, 2.24) is 5.32 Å². The number of hydrogen-bond acceptors (Lipinski definition) is 2. The topological polar surface area (TPSA) is 29.1 Å². The zero-order valence-electron chi connectivity index (χ0n) is 8.67. The lowest BCUT2D eigenvalue weighted by molar-refractivity contribution is -0.120. The smallest absolute Gasteiger partial charge is 0.224 e. The van der Waals surface area contributed by atoms with Gasteiger partial charge in [0.2, 0.25) is 5.91 Å². The molecule has 1 rings (SSSR count). The first-order chi connectivity index (χ1) is 7.33. The van der Waals surface area contributed by atoms with Crippen molar-refractivity contribution in [1.29, 1.82) is 0 Å². The first-order valence-corrected chi connectivity index (χ1v) is 6.64. The van der Waals surface area contributed by atoms with Crippen molar-refractivity contribution in [2.24, 2.45) is 0 Å². The van der Waals surface area contributed by atoms with Gasteiger partial charge in [-0.05, 0) is 35.2 Å². The molecule has 0 atom stereocenters. The lowest BCUT2D eigenvalue weighted by Gasteiger charge is -2.03. The third-order valence-corrected chi connectivity index (χ3v) is 3.08. The van der Waals surface area contributed by atoms with Crippen LogP contribution in [0.4, 0.5) is 0 Å². The molecule has 0 saturated heterocycles. The summed E-state index contributed by atoms with van der Waals surface area (Å²) in [5.74, 6) is 0.822. The van der Waals surface area contributed by atoms with Crippen LogP contribution in [0.3, 0.4) is 0 Å². The van der Waals surface area contributed by atoms with Crippen LogP contribution in [0.1, 0.15) is 24.8 Å². The number of thiophene rings is 1. The number of alkyl halides is 1. The second kappa shape index (κ2) is 7.71. The number of rotatable bonds is 7. The Hall–Kier alpha value is -0.540. The van der Waals surface area contributed by atoms with Crippen LogP contribution in [0.25, 0.3) is 0 Å². The first-order valence-electron chi connectivity index (χ1n) is 5.16. The van der Waals surface area contributed by atoms with E-state index in [-0.39, 0.29) is 5.91 Å². The second-order valence-electron chi connectivity index (χ2n) is 3.41. The molecule has 4 heteroatoms. The van der Waals surface area contributed by atoms with Gasteiger partial charge in [0.25, 0.3) is 0 Å². The van der Waals surface area contributed by atoms with Gasteiger partial charge in [0, 0.05) is 12.4 Å². The van der Waals surface area contributed by atoms with Crippen LogP contribution in [0.2, 0.25) is 0 Å². The van der Waals surface area contributed by atoms with Gasteiger partial charge in [-0.3, -0.25) is 4.79 Å². The summed E-state index contributed by atoms with van der Waals surface area (Å²) in [4.78, 5) is 11.4. The zero-order valence-corrected chi connectivity index (χ0v) is 10.2. The van der Waals surface area contributed by atoms with E-state index >= 15 is 0 Å². The highest BCUT2D eigenvalue weighted by molar-refractivity contribution is 7.07. The minimum Gasteiger partial charge on any atom is -0.356 e. The van der Waals surface area contributed by atoms with Crippen molar-refractivity contribution in [3.8, 4) is 0 Å². The van der Waals surface area contributed by atoms with Gasteiger partial charge >= 0.3 is 0 Å². The quantitative estimate of drug-likeness (QED) is 0.581. The Balaban J connectivity index is 2.04. The second-order valence-corrected chi connectivity index (χ2v) is 4.57. The molecule has 0 aliphatic carbocycles. The van der Waals surface area contributed by atoms with E-state index in [1.807, 2.05) is 16.8 Å². The fourth-order valence-electron chi connectivity index (χ4n) is 1.27. The van der Waals surface area contributed by atoms with Crippen LogP contribution in [0.15, 0.2) is 16.8 Å². The summed E-state index contributed by atoms with van der Waals surface area (Å²) >= 11 is 7.17. The predicted molar refractivity (Wildman–Crippen MR) is 65.6 cm³/mol. The van der Waals surface area contributed by atoms with Crippen molar-refractivity contribution >= 4 is 28.8 Å². The third-order valence-electron chi connectivity index (χ3n) is 2.08. The van der Waals surface area contributed by atoms with Crippen LogP contribution in [0, 0.1) is 0 Å². The molecule has 0 spiro atoms. The molecule has 1 aromatic rings. The number of carbonyl (C=O) groups excluding carboxylic acids is 1. The normalized spacial score (nSPS) is 10.2. The van der Waals surface area contributed by atoms with Gasteiger partial charge < -0.3 is 5.32 Å². The SMILES string of the molecule is O=C(Cc1ccsc1)NCCCCCCl. The molecular formula is C11H16ClNOS. The Bertz CT molecular complexity index is 274. The molecule has 0 bridgehead atoms. The number of hydrogen-bond donors (Lipinski definition) is 1. The van der Waals surface area contributed by atoms with E-state index in [0.717, 1.165) is 31.4 Å². The predicted octanol–water partition coefficient (Wildman–Crippen LogP) is 2.82. The minimum absolute atomic E-state index is 0.110. The molecule has 1 N–H and O–H groups in total. The molecule has 15 heavy (non-hydrogen) atoms. The Morgan fingerprint density at radius 2 is 2.27 bits per heavy atom. The molecule has 0 aliphatic rings. The van der Waals surface area contributed by atoms with Gasteiger partial charge in [-0.2, -0.15) is 11.3 Å². The van der Waals surface area contributed by atoms with E-state index in [1.54, 1.807) is 11.3 Å². The van der Waals surface area contributed by atoms with Gasteiger partial charge in [0.15, 0.2) is 0 Å². The molecule has 0 unspecified atom stereocenters. The molecular weight excluding hydrogens is 230 g/mol. The molecule has 1 amide bonds. The van der Waals surface area contributed by atoms with Gasteiger partial charge in [-0.25, -0.2) is 0 Å². The molecule has 0 aliphatic heterocycles. The molecule has 1 heterocycles. The van der Waals surface area contributed by atoms with E-state index in [9.17, 15) is 4.79 Å². The first kappa shape index (κ1) is 12.5. The average Bonchev–Trinajstić information content (AvgIpc) is 2.70. The van der Waals surface area contributed by atoms with E-state index in [2.05, 4.69) is 5.32 Å². The lowest BCUT2D eigenvalue weighted by Crippen LogP contribution is -2.25. The maximum atomic E-state index is 11.4. The van der Waals surface area contributed by atoms with E-state index < -0.39 is 0 Å². The number of unbranched alkanes of at least 4 members (excludes halogenated alkanes) is 2. The number of carbonyl (C=O) groups is 1. The van der Waals surface area contributed by atoms with E-state index in [4.69, 9.17) is 11.6 Å². The highest BCUT2D eigenvalue weighted by atomic mass is 35.5. The van der Waals surface area contributed by atoms with Crippen molar-refractivity contribution in [3.63, 3.8) is 0 Å². The third kappa shape index (κ3) is 5.80. The number of nitrogens with one attached hydrogen (secondary N) is 1. The average molecular weight is 246 g/mol. The van der Waals surface area contributed by atoms with Crippen LogP contribution in [-0.2, 0) is 11.2 Å². The zero-order chi connectivity index (χ0) is 10.9. The van der Waals surface area contributed by atoms with Crippen LogP contribution < -0.4 is 5.32 Å². The fraction of sp³-hybridized carbons (Fsp3) is 0.545. The summed E-state index contributed by atoms with van der Waals surface area (Å²) < 4.78 is 0. The van der Waals surface area contributed by atoms with Crippen molar-refractivity contribution in [2.75, 3.05) is 12.4 Å². The Labute approximate surface area is 99.6 Å². The highest BCUT2D eigenvalue weighted by Gasteiger charge is 2.02. The van der Waals surface area contributed by atoms with Crippen molar-refractivity contribution < 1.29 is 4.79 Å². The van der Waals surface area contributed by atoms with Crippen LogP contribution >= 0.6 is 22.9 Å². The molecule has 0 saturated carbocycles. The van der Waals surface area contributed by atoms with Gasteiger partial charge in [0.05, 0.1) is 6.42 Å². The molecule has 84 valence electrons. The standard InChI is InChI=1S/C11H16ClNOS/c12-5-2-1-3-6-13-11(14)8-10-4-7-15-9-10/h4,7,9H,1-3,5-6,8H2,(H,13,14). The summed E-state index contributed by atoms with van der Waals surface area (Å²) in [6.45, 7) is 0.764. The Morgan fingerprint density at radius 3 is 2.93 bits per heavy atom. The van der Waals surface area contributed by atoms with Crippen LogP contribution in [0.5, 0.6) is 0 Å². The largest absolute Gasteiger partial charge is 0.356 e. The van der Waals surface area contributed by atoms with Crippen molar-refractivity contribution in [3.05, 3.63) is 22.4 Å². The molecule has 0 radical (unpaired) electrons. The van der Waals surface area contributed by atoms with Gasteiger partial charge in [0.1, 0.15) is 0 Å².